The Morgan fingerprint density at radius 1 is 1.00 bits per heavy atom. The lowest BCUT2D eigenvalue weighted by Gasteiger charge is -2.50. The number of rotatable bonds is 4. The smallest absolute Gasteiger partial charge is 0.329 e. The van der Waals surface area contributed by atoms with Gasteiger partial charge in [-0.1, -0.05) is 49.6 Å². The maximum absolute atomic E-state index is 12.6. The van der Waals surface area contributed by atoms with Crippen molar-refractivity contribution in [1.82, 2.24) is 5.32 Å². The van der Waals surface area contributed by atoms with Gasteiger partial charge in [0.1, 0.15) is 5.54 Å². The third kappa shape index (κ3) is 2.46. The number of amides is 1. The van der Waals surface area contributed by atoms with E-state index in [2.05, 4.69) is 5.32 Å². The van der Waals surface area contributed by atoms with Crippen molar-refractivity contribution in [2.75, 3.05) is 0 Å². The zero-order chi connectivity index (χ0) is 16.7. The average molecular weight is 323 g/mol. The van der Waals surface area contributed by atoms with E-state index in [1.165, 1.54) is 19.3 Å². The van der Waals surface area contributed by atoms with Crippen LogP contribution in [0.2, 0.25) is 0 Å². The standard InChI is InChI=1S/C20H21NO3/c22-18(16-9-8-14-4-1-2-5-15(14)10-16)21-20(19(23)24)11-17(12-20)13-6-3-7-13/h1-2,4-5,8-10,13,17H,3,6-7,11-12H2,(H,21,22)(H,23,24). The minimum Gasteiger partial charge on any atom is -0.480 e. The molecule has 2 aliphatic rings. The molecule has 24 heavy (non-hydrogen) atoms. The van der Waals surface area contributed by atoms with Gasteiger partial charge in [0.15, 0.2) is 0 Å². The molecule has 0 spiro atoms. The Balaban J connectivity index is 1.51. The van der Waals surface area contributed by atoms with Crippen molar-refractivity contribution in [2.45, 2.75) is 37.6 Å². The fraction of sp³-hybridized carbons (Fsp3) is 0.400. The summed E-state index contributed by atoms with van der Waals surface area (Å²) in [6.45, 7) is 0. The molecule has 2 aliphatic carbocycles. The van der Waals surface area contributed by atoms with E-state index in [1.807, 2.05) is 36.4 Å². The van der Waals surface area contributed by atoms with Crippen LogP contribution in [0.1, 0.15) is 42.5 Å². The van der Waals surface area contributed by atoms with Gasteiger partial charge in [-0.2, -0.15) is 0 Å². The summed E-state index contributed by atoms with van der Waals surface area (Å²) in [5, 5.41) is 14.5. The molecule has 4 rings (SSSR count). The second-order valence-corrected chi connectivity index (χ2v) is 7.26. The lowest BCUT2D eigenvalue weighted by Crippen LogP contribution is -2.63. The molecule has 0 aromatic heterocycles. The van der Waals surface area contributed by atoms with E-state index in [0.29, 0.717) is 30.2 Å². The summed E-state index contributed by atoms with van der Waals surface area (Å²) < 4.78 is 0. The molecule has 2 fully saturated rings. The number of carboxylic acid groups (broad SMARTS) is 1. The zero-order valence-electron chi connectivity index (χ0n) is 13.5. The van der Waals surface area contributed by atoms with Crippen LogP contribution in [0.3, 0.4) is 0 Å². The predicted octanol–water partition coefficient (Wildman–Crippen LogP) is 3.60. The van der Waals surface area contributed by atoms with Crippen molar-refractivity contribution >= 4 is 22.6 Å². The minimum absolute atomic E-state index is 0.296. The Morgan fingerprint density at radius 3 is 2.33 bits per heavy atom. The molecule has 2 aromatic carbocycles. The van der Waals surface area contributed by atoms with Gasteiger partial charge in [-0.25, -0.2) is 4.79 Å². The van der Waals surface area contributed by atoms with E-state index in [1.54, 1.807) is 6.07 Å². The molecule has 0 heterocycles. The average Bonchev–Trinajstić information content (AvgIpc) is 2.49. The summed E-state index contributed by atoms with van der Waals surface area (Å²) in [7, 11) is 0. The van der Waals surface area contributed by atoms with Crippen LogP contribution in [0.5, 0.6) is 0 Å². The quantitative estimate of drug-likeness (QED) is 0.903. The molecule has 2 aromatic rings. The number of benzene rings is 2. The second-order valence-electron chi connectivity index (χ2n) is 7.26. The Morgan fingerprint density at radius 2 is 1.71 bits per heavy atom. The summed E-state index contributed by atoms with van der Waals surface area (Å²) in [6, 6.07) is 13.3. The van der Waals surface area contributed by atoms with Gasteiger partial charge in [-0.05, 0) is 47.6 Å². The van der Waals surface area contributed by atoms with E-state index in [9.17, 15) is 14.7 Å². The monoisotopic (exact) mass is 323 g/mol. The molecule has 0 atom stereocenters. The van der Waals surface area contributed by atoms with E-state index in [4.69, 9.17) is 0 Å². The number of hydrogen-bond acceptors (Lipinski definition) is 2. The number of aliphatic carboxylic acids is 1. The van der Waals surface area contributed by atoms with Crippen LogP contribution >= 0.6 is 0 Å². The van der Waals surface area contributed by atoms with Crippen molar-refractivity contribution in [3.05, 3.63) is 48.0 Å². The molecule has 4 nitrogen and oxygen atoms in total. The number of carbonyl (C=O) groups excluding carboxylic acids is 1. The maximum atomic E-state index is 12.6. The first-order valence-corrected chi connectivity index (χ1v) is 8.62. The Bertz CT molecular complexity index is 803. The minimum atomic E-state index is -1.08. The van der Waals surface area contributed by atoms with Crippen molar-refractivity contribution in [2.24, 2.45) is 11.8 Å². The SMILES string of the molecule is O=C(NC1(C(=O)O)CC(C2CCC2)C1)c1ccc2ccccc2c1. The Labute approximate surface area is 140 Å². The summed E-state index contributed by atoms with van der Waals surface area (Å²) in [4.78, 5) is 24.3. The number of nitrogens with one attached hydrogen (secondary N) is 1. The van der Waals surface area contributed by atoms with Gasteiger partial charge in [0.25, 0.3) is 5.91 Å². The normalized spacial score (nSPS) is 26.4. The number of carbonyl (C=O) groups is 2. The van der Waals surface area contributed by atoms with Gasteiger partial charge in [0, 0.05) is 5.56 Å². The van der Waals surface area contributed by atoms with Crippen LogP contribution < -0.4 is 5.32 Å². The van der Waals surface area contributed by atoms with Gasteiger partial charge in [0.2, 0.25) is 0 Å². The molecule has 124 valence electrons. The van der Waals surface area contributed by atoms with Crippen molar-refractivity contribution in [3.63, 3.8) is 0 Å². The van der Waals surface area contributed by atoms with Gasteiger partial charge < -0.3 is 10.4 Å². The summed E-state index contributed by atoms with van der Waals surface area (Å²) in [6.07, 6.45) is 4.79. The van der Waals surface area contributed by atoms with E-state index < -0.39 is 11.5 Å². The van der Waals surface area contributed by atoms with Crippen LogP contribution in [-0.2, 0) is 4.79 Å². The molecule has 2 N–H and O–H groups in total. The van der Waals surface area contributed by atoms with Gasteiger partial charge >= 0.3 is 5.97 Å². The Hall–Kier alpha value is -2.36. The summed E-state index contributed by atoms with van der Waals surface area (Å²) in [5.74, 6) is -0.0933. The molecule has 1 amide bonds. The molecule has 0 bridgehead atoms. The fourth-order valence-corrected chi connectivity index (χ4v) is 4.03. The third-order valence-corrected chi connectivity index (χ3v) is 5.81. The first-order valence-electron chi connectivity index (χ1n) is 8.62. The van der Waals surface area contributed by atoms with Gasteiger partial charge in [0.05, 0.1) is 0 Å². The van der Waals surface area contributed by atoms with Crippen LogP contribution in [0.15, 0.2) is 42.5 Å². The number of hydrogen-bond donors (Lipinski definition) is 2. The summed E-state index contributed by atoms with van der Waals surface area (Å²) in [5.41, 5.74) is -0.565. The van der Waals surface area contributed by atoms with E-state index in [0.717, 1.165) is 10.8 Å². The molecule has 0 unspecified atom stereocenters. The van der Waals surface area contributed by atoms with Crippen molar-refractivity contribution in [3.8, 4) is 0 Å². The molecule has 4 heteroatoms. The number of fused-ring (bicyclic) bond motifs is 1. The lowest BCUT2D eigenvalue weighted by atomic mass is 9.58. The van der Waals surface area contributed by atoms with Crippen LogP contribution in [0.4, 0.5) is 0 Å². The molecular formula is C20H21NO3. The maximum Gasteiger partial charge on any atom is 0.329 e. The first-order chi connectivity index (χ1) is 11.6. The molecule has 0 aliphatic heterocycles. The highest BCUT2D eigenvalue weighted by Gasteiger charge is 2.54. The van der Waals surface area contributed by atoms with E-state index in [-0.39, 0.29) is 5.91 Å². The highest BCUT2D eigenvalue weighted by molar-refractivity contribution is 6.01. The highest BCUT2D eigenvalue weighted by atomic mass is 16.4. The van der Waals surface area contributed by atoms with Crippen LogP contribution in [-0.4, -0.2) is 22.5 Å². The van der Waals surface area contributed by atoms with Crippen LogP contribution in [0, 0.1) is 11.8 Å². The molecular weight excluding hydrogens is 302 g/mol. The topological polar surface area (TPSA) is 66.4 Å². The van der Waals surface area contributed by atoms with E-state index >= 15 is 0 Å². The highest BCUT2D eigenvalue weighted by Crippen LogP contribution is 2.49. The first kappa shape index (κ1) is 15.2. The second kappa shape index (κ2) is 5.62. The zero-order valence-corrected chi connectivity index (χ0v) is 13.5. The fourth-order valence-electron chi connectivity index (χ4n) is 4.03. The largest absolute Gasteiger partial charge is 0.480 e. The number of carboxylic acids is 1. The van der Waals surface area contributed by atoms with Crippen molar-refractivity contribution < 1.29 is 14.7 Å². The molecule has 0 saturated heterocycles. The third-order valence-electron chi connectivity index (χ3n) is 5.81. The van der Waals surface area contributed by atoms with Gasteiger partial charge in [-0.3, -0.25) is 4.79 Å². The van der Waals surface area contributed by atoms with Gasteiger partial charge in [-0.15, -0.1) is 0 Å². The lowest BCUT2D eigenvalue weighted by molar-refractivity contribution is -0.152. The predicted molar refractivity (Wildman–Crippen MR) is 91.8 cm³/mol. The summed E-state index contributed by atoms with van der Waals surface area (Å²) >= 11 is 0. The molecule has 2 saturated carbocycles. The van der Waals surface area contributed by atoms with Crippen LogP contribution in [0.25, 0.3) is 10.8 Å². The molecule has 0 radical (unpaired) electrons. The Kier molecular flexibility index (Phi) is 3.56. The van der Waals surface area contributed by atoms with Crippen molar-refractivity contribution in [1.29, 1.82) is 0 Å².